The maximum Gasteiger partial charge on any atom is 0.242 e. The molecule has 0 spiro atoms. The smallest absolute Gasteiger partial charge is 0.242 e. The maximum atomic E-state index is 11.1. The highest BCUT2D eigenvalue weighted by Crippen LogP contribution is 2.27. The number of anilines is 1. The summed E-state index contributed by atoms with van der Waals surface area (Å²) in [5, 5.41) is 0. The number of carbonyl (C=O) groups is 1. The predicted molar refractivity (Wildman–Crippen MR) is 44.4 cm³/mol. The van der Waals surface area contributed by atoms with E-state index in [1.807, 2.05) is 12.1 Å². The maximum absolute atomic E-state index is 11.1. The van der Waals surface area contributed by atoms with Crippen molar-refractivity contribution < 1.29 is 4.79 Å². The minimum Gasteiger partial charge on any atom is -0.273 e. The zero-order valence-corrected chi connectivity index (χ0v) is 7.21. The van der Waals surface area contributed by atoms with Crippen molar-refractivity contribution >= 4 is 27.9 Å². The molecule has 0 atom stereocenters. The quantitative estimate of drug-likeness (QED) is 0.608. The topological polar surface area (TPSA) is 33.2 Å². The summed E-state index contributed by atoms with van der Waals surface area (Å²) in [4.78, 5) is 15.1. The Kier molecular flexibility index (Phi) is 1.42. The van der Waals surface area contributed by atoms with Gasteiger partial charge in [-0.05, 0) is 6.07 Å². The van der Waals surface area contributed by atoms with E-state index in [0.29, 0.717) is 6.42 Å². The predicted octanol–water partition coefficient (Wildman–Crippen LogP) is 1.28. The van der Waals surface area contributed by atoms with Crippen LogP contribution in [0.15, 0.2) is 18.3 Å². The number of rotatable bonds is 0. The van der Waals surface area contributed by atoms with E-state index in [1.165, 1.54) is 3.93 Å². The first-order valence-electron chi connectivity index (χ1n) is 3.21. The van der Waals surface area contributed by atoms with Crippen molar-refractivity contribution in [1.82, 2.24) is 4.98 Å². The Morgan fingerprint density at radius 2 is 2.45 bits per heavy atom. The summed E-state index contributed by atoms with van der Waals surface area (Å²) >= 11 is 3.12. The second-order valence-electron chi connectivity index (χ2n) is 2.34. The van der Waals surface area contributed by atoms with Gasteiger partial charge in [-0.25, -0.2) is 8.91 Å². The molecule has 0 saturated carbocycles. The van der Waals surface area contributed by atoms with E-state index in [2.05, 4.69) is 21.1 Å². The first-order valence-corrected chi connectivity index (χ1v) is 3.92. The Hall–Kier alpha value is -0.900. The van der Waals surface area contributed by atoms with Gasteiger partial charge < -0.3 is 0 Å². The van der Waals surface area contributed by atoms with E-state index in [1.54, 1.807) is 6.20 Å². The number of carbonyl (C=O) groups excluding carboxylic acids is 1. The molecule has 1 aromatic rings. The van der Waals surface area contributed by atoms with Crippen LogP contribution in [0.5, 0.6) is 0 Å². The van der Waals surface area contributed by atoms with Crippen molar-refractivity contribution in [2.75, 3.05) is 3.93 Å². The minimum atomic E-state index is 0.0405. The average molecular weight is 213 g/mol. The Bertz CT molecular complexity index is 313. The summed E-state index contributed by atoms with van der Waals surface area (Å²) < 4.78 is 1.41. The zero-order chi connectivity index (χ0) is 7.84. The molecule has 0 saturated heterocycles. The van der Waals surface area contributed by atoms with Crippen LogP contribution in [0.4, 0.5) is 5.82 Å². The molecule has 1 amide bonds. The van der Waals surface area contributed by atoms with Gasteiger partial charge in [-0.15, -0.1) is 0 Å². The van der Waals surface area contributed by atoms with Crippen LogP contribution in [0.3, 0.4) is 0 Å². The van der Waals surface area contributed by atoms with Crippen LogP contribution in [0.25, 0.3) is 0 Å². The van der Waals surface area contributed by atoms with Gasteiger partial charge in [-0.1, -0.05) is 6.07 Å². The van der Waals surface area contributed by atoms with E-state index in [0.717, 1.165) is 11.4 Å². The van der Waals surface area contributed by atoms with Gasteiger partial charge in [0.05, 0.1) is 22.6 Å². The fourth-order valence-electron chi connectivity index (χ4n) is 1.10. The number of pyridine rings is 1. The number of halogens is 1. The monoisotopic (exact) mass is 212 g/mol. The van der Waals surface area contributed by atoms with Crippen molar-refractivity contribution in [3.8, 4) is 0 Å². The van der Waals surface area contributed by atoms with Gasteiger partial charge in [-0.2, -0.15) is 0 Å². The highest BCUT2D eigenvalue weighted by molar-refractivity contribution is 9.10. The molecular formula is C7H5BrN2O. The third-order valence-corrected chi connectivity index (χ3v) is 2.35. The molecule has 56 valence electrons. The summed E-state index contributed by atoms with van der Waals surface area (Å²) in [7, 11) is 0. The largest absolute Gasteiger partial charge is 0.273 e. The second kappa shape index (κ2) is 2.30. The van der Waals surface area contributed by atoms with Crippen molar-refractivity contribution in [3.63, 3.8) is 0 Å². The van der Waals surface area contributed by atoms with Crippen LogP contribution in [0.1, 0.15) is 5.56 Å². The molecule has 2 heterocycles. The Labute approximate surface area is 72.4 Å². The molecule has 2 rings (SSSR count). The molecule has 1 aromatic heterocycles. The molecule has 0 aromatic carbocycles. The number of amides is 1. The van der Waals surface area contributed by atoms with E-state index < -0.39 is 0 Å². The molecule has 0 bridgehead atoms. The molecular weight excluding hydrogens is 208 g/mol. The van der Waals surface area contributed by atoms with E-state index >= 15 is 0 Å². The zero-order valence-electron chi connectivity index (χ0n) is 5.62. The van der Waals surface area contributed by atoms with Gasteiger partial charge in [0.15, 0.2) is 0 Å². The average Bonchev–Trinajstić information content (AvgIpc) is 2.30. The van der Waals surface area contributed by atoms with E-state index in [4.69, 9.17) is 0 Å². The van der Waals surface area contributed by atoms with Gasteiger partial charge in [0.1, 0.15) is 5.82 Å². The summed E-state index contributed by atoms with van der Waals surface area (Å²) in [6, 6.07) is 3.74. The van der Waals surface area contributed by atoms with Gasteiger partial charge in [0.2, 0.25) is 5.91 Å². The SMILES string of the molecule is O=C1Cc2cccnc2N1Br. The van der Waals surface area contributed by atoms with E-state index in [-0.39, 0.29) is 5.91 Å². The van der Waals surface area contributed by atoms with Crippen LogP contribution in [-0.2, 0) is 11.2 Å². The molecule has 0 unspecified atom stereocenters. The van der Waals surface area contributed by atoms with Gasteiger partial charge in [0.25, 0.3) is 0 Å². The number of nitrogens with zero attached hydrogens (tertiary/aromatic N) is 2. The Morgan fingerprint density at radius 3 is 3.18 bits per heavy atom. The van der Waals surface area contributed by atoms with E-state index in [9.17, 15) is 4.79 Å². The Balaban J connectivity index is 2.55. The van der Waals surface area contributed by atoms with Crippen molar-refractivity contribution in [3.05, 3.63) is 23.9 Å². The molecule has 11 heavy (non-hydrogen) atoms. The normalized spacial score (nSPS) is 15.4. The third-order valence-electron chi connectivity index (χ3n) is 1.61. The molecule has 0 aliphatic carbocycles. The van der Waals surface area contributed by atoms with Crippen LogP contribution in [0.2, 0.25) is 0 Å². The highest BCUT2D eigenvalue weighted by atomic mass is 79.9. The van der Waals surface area contributed by atoms with Crippen LogP contribution in [0, 0.1) is 0 Å². The first-order chi connectivity index (χ1) is 5.29. The van der Waals surface area contributed by atoms with Crippen LogP contribution in [-0.4, -0.2) is 10.9 Å². The van der Waals surface area contributed by atoms with Crippen LogP contribution < -0.4 is 3.93 Å². The molecule has 1 aliphatic rings. The lowest BCUT2D eigenvalue weighted by molar-refractivity contribution is -0.116. The second-order valence-corrected chi connectivity index (χ2v) is 3.05. The van der Waals surface area contributed by atoms with Gasteiger partial charge >= 0.3 is 0 Å². The Morgan fingerprint density at radius 1 is 1.64 bits per heavy atom. The van der Waals surface area contributed by atoms with Crippen molar-refractivity contribution in [1.29, 1.82) is 0 Å². The van der Waals surface area contributed by atoms with Crippen LogP contribution >= 0.6 is 16.1 Å². The number of aromatic nitrogens is 1. The standard InChI is InChI=1S/C7H5BrN2O/c8-10-6(11)4-5-2-1-3-9-7(5)10/h1-3H,4H2. The number of hydrogen-bond acceptors (Lipinski definition) is 2. The minimum absolute atomic E-state index is 0.0405. The lowest BCUT2D eigenvalue weighted by Gasteiger charge is -2.03. The number of fused-ring (bicyclic) bond motifs is 1. The molecule has 0 N–H and O–H groups in total. The van der Waals surface area contributed by atoms with Crippen molar-refractivity contribution in [2.24, 2.45) is 0 Å². The molecule has 1 aliphatic heterocycles. The molecule has 4 heteroatoms. The molecule has 0 radical (unpaired) electrons. The summed E-state index contributed by atoms with van der Waals surface area (Å²) in [5.74, 6) is 0.760. The lowest BCUT2D eigenvalue weighted by Crippen LogP contribution is -2.14. The summed E-state index contributed by atoms with van der Waals surface area (Å²) in [5.41, 5.74) is 0.981. The fraction of sp³-hybridized carbons (Fsp3) is 0.143. The lowest BCUT2D eigenvalue weighted by atomic mass is 10.2. The van der Waals surface area contributed by atoms with Crippen molar-refractivity contribution in [2.45, 2.75) is 6.42 Å². The summed E-state index contributed by atoms with van der Waals surface area (Å²) in [6.45, 7) is 0. The molecule has 0 fully saturated rings. The molecule has 3 nitrogen and oxygen atoms in total. The van der Waals surface area contributed by atoms with Gasteiger partial charge in [0, 0.05) is 11.8 Å². The number of hydrogen-bond donors (Lipinski definition) is 0. The summed E-state index contributed by atoms with van der Waals surface area (Å²) in [6.07, 6.45) is 2.13. The van der Waals surface area contributed by atoms with Gasteiger partial charge in [-0.3, -0.25) is 4.79 Å². The third kappa shape index (κ3) is 0.939. The highest BCUT2D eigenvalue weighted by Gasteiger charge is 2.25. The fourth-order valence-corrected chi connectivity index (χ4v) is 1.54. The first kappa shape index (κ1) is 6.79.